The van der Waals surface area contributed by atoms with Gasteiger partial charge in [0.2, 0.25) is 5.88 Å². The second-order valence-corrected chi connectivity index (χ2v) is 10.6. The van der Waals surface area contributed by atoms with Crippen molar-refractivity contribution in [1.29, 1.82) is 0 Å². The lowest BCUT2D eigenvalue weighted by Gasteiger charge is -2.48. The highest BCUT2D eigenvalue weighted by Gasteiger charge is 2.54. The number of nitrogens with two attached hydrogens (primary N) is 1. The van der Waals surface area contributed by atoms with Crippen LogP contribution in [0.5, 0.6) is 0 Å². The number of nitrogen functional groups attached to an aromatic ring is 1. The Morgan fingerprint density at radius 1 is 1.45 bits per heavy atom. The number of fused-ring (bicyclic) bond motifs is 1. The van der Waals surface area contributed by atoms with Crippen LogP contribution >= 0.6 is 46.6 Å². The Hall–Kier alpha value is -2.96. The predicted octanol–water partition coefficient (Wildman–Crippen LogP) is 0.768. The van der Waals surface area contributed by atoms with E-state index in [0.717, 1.165) is 11.3 Å². The highest BCUT2D eigenvalue weighted by atomic mass is 32.2. The molecule has 6 N–H and O–H groups in total. The Bertz CT molecular complexity index is 1140. The normalized spacial score (nSPS) is 20.3. The van der Waals surface area contributed by atoms with Crippen LogP contribution in [0.1, 0.15) is 5.69 Å². The molecule has 1 fully saturated rings. The average Bonchev–Trinajstić information content (AvgIpc) is 3.44. The molecule has 2 aromatic rings. The fourth-order valence-corrected chi connectivity index (χ4v) is 6.92. The number of thiazole rings is 1. The number of hydrogen-bond donors (Lipinski definition) is 5. The Morgan fingerprint density at radius 3 is 2.91 bits per heavy atom. The molecule has 2 aromatic heterocycles. The number of nitrogens with one attached hydrogen (secondary N) is 2. The summed E-state index contributed by atoms with van der Waals surface area (Å²) in [6, 6.07) is -0.973. The molecule has 2 amide bonds. The number of β-lactam (4-membered cyclic amide) rings is 1. The first-order valence-corrected chi connectivity index (χ1v) is 12.7. The van der Waals surface area contributed by atoms with Crippen LogP contribution in [0.3, 0.4) is 0 Å². The van der Waals surface area contributed by atoms with Crippen LogP contribution in [-0.2, 0) is 14.3 Å². The van der Waals surface area contributed by atoms with E-state index in [1.54, 1.807) is 6.20 Å². The summed E-state index contributed by atoms with van der Waals surface area (Å²) in [5.74, 6) is -1.11. The van der Waals surface area contributed by atoms with E-state index in [9.17, 15) is 19.6 Å². The number of carboxylic acid groups (broad SMARTS) is 1. The molecule has 0 aromatic carbocycles. The summed E-state index contributed by atoms with van der Waals surface area (Å²) < 4.78 is 4.91. The highest BCUT2D eigenvalue weighted by Crippen LogP contribution is 2.44. The fraction of sp³-hybridized carbons (Fsp3) is 0.267. The van der Waals surface area contributed by atoms with E-state index in [4.69, 9.17) is 15.6 Å². The molecule has 2 aliphatic heterocycles. The molecule has 4 rings (SSSR count). The van der Waals surface area contributed by atoms with Crippen molar-refractivity contribution in [2.75, 3.05) is 16.6 Å². The second kappa shape index (κ2) is 9.89. The number of amides is 2. The minimum atomic E-state index is -1.56. The summed E-state index contributed by atoms with van der Waals surface area (Å²) in [5, 5.41) is 36.1. The molecule has 2 atom stereocenters. The third kappa shape index (κ3) is 4.87. The van der Waals surface area contributed by atoms with Gasteiger partial charge in [0.15, 0.2) is 10.8 Å². The number of carbonyl (C=O) groups excluding carboxylic acids is 2. The van der Waals surface area contributed by atoms with Crippen LogP contribution in [0.25, 0.3) is 0 Å². The molecule has 0 unspecified atom stereocenters. The number of aromatic nitrogens is 4. The van der Waals surface area contributed by atoms with E-state index in [0.29, 0.717) is 20.8 Å². The van der Waals surface area contributed by atoms with Crippen molar-refractivity contribution in [3.63, 3.8) is 0 Å². The SMILES string of the molecule is Nc1nc(/C(=N/O)C(=O)N[C@@H]2C(=O)N3C(OC(=O)O)=C(SCSc4c[nH]nn4)CS[C@@H]23)cs1. The maximum Gasteiger partial charge on any atom is 0.512 e. The molecule has 4 heterocycles. The first-order valence-electron chi connectivity index (χ1n) is 8.84. The van der Waals surface area contributed by atoms with Gasteiger partial charge in [-0.3, -0.25) is 19.6 Å². The monoisotopic (exact) mass is 530 g/mol. The third-order valence-electron chi connectivity index (χ3n) is 4.27. The molecule has 14 nitrogen and oxygen atoms in total. The van der Waals surface area contributed by atoms with Gasteiger partial charge in [0.1, 0.15) is 22.1 Å². The number of nitrogens with zero attached hydrogens (tertiary/aromatic N) is 5. The quantitative estimate of drug-likeness (QED) is 0.0608. The summed E-state index contributed by atoms with van der Waals surface area (Å²) in [5.41, 5.74) is 5.22. The number of thioether (sulfide) groups is 3. The van der Waals surface area contributed by atoms with Gasteiger partial charge in [0.05, 0.1) is 16.2 Å². The second-order valence-electron chi connectivity index (χ2n) is 6.20. The standard InChI is InChI=1S/C15H14N8O6S4/c16-14-18-5(2-31-14)8(21-28)10(24)19-9-11(25)23-12(29-15(26)27)6(3-30-13(9)23)32-4-33-7-1-17-22-20-7/h1-2,9,13,28H,3-4H2,(H2,16,18)(H,19,24)(H,26,27)(H,17,20,22)/b21-8-/t9-,13+/m1/s1. The lowest BCUT2D eigenvalue weighted by Crippen LogP contribution is -2.70. The van der Waals surface area contributed by atoms with Crippen molar-refractivity contribution >= 4 is 75.4 Å². The molecule has 0 spiro atoms. The number of H-pyrrole nitrogens is 1. The van der Waals surface area contributed by atoms with E-state index < -0.39 is 35.1 Å². The van der Waals surface area contributed by atoms with E-state index in [1.165, 1.54) is 45.6 Å². The first kappa shape index (κ1) is 23.2. The zero-order valence-corrected chi connectivity index (χ0v) is 19.5. The maximum absolute atomic E-state index is 12.8. The van der Waals surface area contributed by atoms with Crippen LogP contribution in [0.4, 0.5) is 9.93 Å². The molecule has 0 bridgehead atoms. The van der Waals surface area contributed by atoms with E-state index in [-0.39, 0.29) is 16.7 Å². The summed E-state index contributed by atoms with van der Waals surface area (Å²) in [4.78, 5) is 42.2. The topological polar surface area (TPSA) is 209 Å². The Labute approximate surface area is 201 Å². The third-order valence-corrected chi connectivity index (χ3v) is 8.51. The molecule has 2 aliphatic rings. The van der Waals surface area contributed by atoms with Crippen LogP contribution in [-0.4, -0.2) is 81.5 Å². The largest absolute Gasteiger partial charge is 0.512 e. The fourth-order valence-electron chi connectivity index (χ4n) is 2.87. The minimum absolute atomic E-state index is 0.0653. The molecule has 0 aliphatic carbocycles. The Morgan fingerprint density at radius 2 is 2.27 bits per heavy atom. The Balaban J connectivity index is 1.45. The van der Waals surface area contributed by atoms with Crippen molar-refractivity contribution in [2.45, 2.75) is 16.4 Å². The van der Waals surface area contributed by atoms with Gasteiger partial charge in [0, 0.05) is 11.1 Å². The minimum Gasteiger partial charge on any atom is -0.449 e. The average molecular weight is 531 g/mol. The summed E-state index contributed by atoms with van der Waals surface area (Å²) in [7, 11) is 0. The van der Waals surface area contributed by atoms with Gasteiger partial charge < -0.3 is 26.1 Å². The molecular formula is C15H14N8O6S4. The van der Waals surface area contributed by atoms with Crippen molar-refractivity contribution in [3.8, 4) is 0 Å². The number of aromatic amines is 1. The van der Waals surface area contributed by atoms with E-state index >= 15 is 0 Å². The molecule has 1 saturated heterocycles. The smallest absolute Gasteiger partial charge is 0.449 e. The first-order chi connectivity index (χ1) is 15.9. The number of ether oxygens (including phenoxy) is 1. The van der Waals surface area contributed by atoms with E-state index in [1.807, 2.05) is 0 Å². The van der Waals surface area contributed by atoms with Crippen LogP contribution in [0.15, 0.2) is 32.5 Å². The van der Waals surface area contributed by atoms with Gasteiger partial charge in [0.25, 0.3) is 11.8 Å². The van der Waals surface area contributed by atoms with Crippen LogP contribution in [0.2, 0.25) is 0 Å². The Kier molecular flexibility index (Phi) is 6.96. The number of rotatable bonds is 8. The van der Waals surface area contributed by atoms with Gasteiger partial charge >= 0.3 is 6.16 Å². The molecule has 33 heavy (non-hydrogen) atoms. The molecule has 174 valence electrons. The number of anilines is 1. The summed E-state index contributed by atoms with van der Waals surface area (Å²) >= 11 is 5.08. The molecular weight excluding hydrogens is 516 g/mol. The van der Waals surface area contributed by atoms with Gasteiger partial charge in [-0.25, -0.2) is 9.78 Å². The number of hydrogen-bond acceptors (Lipinski definition) is 14. The molecule has 0 saturated carbocycles. The highest BCUT2D eigenvalue weighted by molar-refractivity contribution is 8.18. The summed E-state index contributed by atoms with van der Waals surface area (Å²) in [6.45, 7) is 0. The van der Waals surface area contributed by atoms with Crippen LogP contribution < -0.4 is 11.1 Å². The van der Waals surface area contributed by atoms with Crippen molar-refractivity contribution in [2.24, 2.45) is 5.16 Å². The van der Waals surface area contributed by atoms with Crippen molar-refractivity contribution in [3.05, 3.63) is 28.1 Å². The van der Waals surface area contributed by atoms with Gasteiger partial charge in [-0.1, -0.05) is 22.1 Å². The number of oxime groups is 1. The molecule has 18 heteroatoms. The van der Waals surface area contributed by atoms with Gasteiger partial charge in [-0.05, 0) is 0 Å². The maximum atomic E-state index is 12.8. The zero-order valence-electron chi connectivity index (χ0n) is 16.2. The summed E-state index contributed by atoms with van der Waals surface area (Å²) in [6.07, 6.45) is 0.0600. The van der Waals surface area contributed by atoms with Crippen molar-refractivity contribution < 1.29 is 29.4 Å². The van der Waals surface area contributed by atoms with Crippen LogP contribution in [0, 0.1) is 0 Å². The molecule has 0 radical (unpaired) electrons. The predicted molar refractivity (Wildman–Crippen MR) is 121 cm³/mol. The van der Waals surface area contributed by atoms with Gasteiger partial charge in [-0.15, -0.1) is 40.0 Å². The lowest BCUT2D eigenvalue weighted by atomic mass is 10.1. The van der Waals surface area contributed by atoms with Crippen molar-refractivity contribution in [1.82, 2.24) is 30.6 Å². The zero-order chi connectivity index (χ0) is 23.5. The van der Waals surface area contributed by atoms with E-state index in [2.05, 4.69) is 30.9 Å². The number of carbonyl (C=O) groups is 3. The van der Waals surface area contributed by atoms with Gasteiger partial charge in [-0.2, -0.15) is 0 Å². The lowest BCUT2D eigenvalue weighted by molar-refractivity contribution is -0.148.